The van der Waals surface area contributed by atoms with E-state index in [2.05, 4.69) is 18.8 Å². The smallest absolute Gasteiger partial charge is 0.0804 e. The van der Waals surface area contributed by atoms with Gasteiger partial charge >= 0.3 is 0 Å². The molecule has 0 aromatic carbocycles. The van der Waals surface area contributed by atoms with Gasteiger partial charge < -0.3 is 10.1 Å². The molecule has 1 rings (SSSR count). The van der Waals surface area contributed by atoms with Gasteiger partial charge in [-0.25, -0.2) is 0 Å². The number of rotatable bonds is 4. The average Bonchev–Trinajstić information content (AvgIpc) is 2.51. The van der Waals surface area contributed by atoms with Crippen molar-refractivity contribution < 1.29 is 5.11 Å². The Bertz CT molecular complexity index is 204. The minimum atomic E-state index is -0.293. The fourth-order valence-electron chi connectivity index (χ4n) is 1.20. The third kappa shape index (κ3) is 2.70. The summed E-state index contributed by atoms with van der Waals surface area (Å²) in [6.45, 7) is 4.34. The van der Waals surface area contributed by atoms with Crippen molar-refractivity contribution in [3.05, 3.63) is 24.0 Å². The number of aliphatic hydroxyl groups excluding tert-OH is 1. The molecule has 1 aromatic heterocycles. The largest absolute Gasteiger partial charge is 0.388 e. The molecule has 1 unspecified atom stereocenters. The Kier molecular flexibility index (Phi) is 3.35. The molecule has 12 heavy (non-hydrogen) atoms. The number of H-pyrrole nitrogens is 1. The third-order valence-electron chi connectivity index (χ3n) is 2.02. The van der Waals surface area contributed by atoms with Crippen LogP contribution in [0.25, 0.3) is 0 Å². The second-order valence-corrected chi connectivity index (χ2v) is 3.63. The lowest BCUT2D eigenvalue weighted by molar-refractivity contribution is 0.159. The standard InChI is InChI=1S/C10H17NO/c1-8(2)3-4-10(12)9-5-6-11-7-9/h5-8,10-12H,3-4H2,1-2H3. The number of hydrogen-bond acceptors (Lipinski definition) is 1. The van der Waals surface area contributed by atoms with E-state index in [4.69, 9.17) is 0 Å². The molecule has 0 fully saturated rings. The average molecular weight is 167 g/mol. The summed E-state index contributed by atoms with van der Waals surface area (Å²) in [5, 5.41) is 9.64. The van der Waals surface area contributed by atoms with Gasteiger partial charge in [0.2, 0.25) is 0 Å². The zero-order valence-corrected chi connectivity index (χ0v) is 7.75. The van der Waals surface area contributed by atoms with Crippen LogP contribution in [-0.2, 0) is 0 Å². The first-order valence-corrected chi connectivity index (χ1v) is 4.51. The predicted molar refractivity (Wildman–Crippen MR) is 49.8 cm³/mol. The van der Waals surface area contributed by atoms with Crippen molar-refractivity contribution in [2.24, 2.45) is 5.92 Å². The van der Waals surface area contributed by atoms with Gasteiger partial charge in [-0.05, 0) is 30.4 Å². The van der Waals surface area contributed by atoms with Crippen molar-refractivity contribution in [3.63, 3.8) is 0 Å². The molecule has 0 saturated heterocycles. The quantitative estimate of drug-likeness (QED) is 0.710. The van der Waals surface area contributed by atoms with Crippen molar-refractivity contribution in [2.45, 2.75) is 32.8 Å². The SMILES string of the molecule is CC(C)CCC(O)c1cc[nH]c1. The summed E-state index contributed by atoms with van der Waals surface area (Å²) in [5.41, 5.74) is 0.996. The predicted octanol–water partition coefficient (Wildman–Crippen LogP) is 2.48. The maximum atomic E-state index is 9.64. The lowest BCUT2D eigenvalue weighted by Crippen LogP contribution is -1.98. The summed E-state index contributed by atoms with van der Waals surface area (Å²) in [4.78, 5) is 2.94. The van der Waals surface area contributed by atoms with Gasteiger partial charge in [0.05, 0.1) is 6.10 Å². The van der Waals surface area contributed by atoms with Gasteiger partial charge in [-0.3, -0.25) is 0 Å². The van der Waals surface area contributed by atoms with Crippen LogP contribution in [0, 0.1) is 5.92 Å². The fraction of sp³-hybridized carbons (Fsp3) is 0.600. The van der Waals surface area contributed by atoms with Crippen LogP contribution >= 0.6 is 0 Å². The van der Waals surface area contributed by atoms with Gasteiger partial charge in [-0.15, -0.1) is 0 Å². The fourth-order valence-corrected chi connectivity index (χ4v) is 1.20. The van der Waals surface area contributed by atoms with Crippen molar-refractivity contribution >= 4 is 0 Å². The van der Waals surface area contributed by atoms with E-state index >= 15 is 0 Å². The number of nitrogens with one attached hydrogen (secondary N) is 1. The molecule has 0 amide bonds. The Morgan fingerprint density at radius 1 is 1.42 bits per heavy atom. The van der Waals surface area contributed by atoms with Crippen molar-refractivity contribution in [3.8, 4) is 0 Å². The number of hydrogen-bond donors (Lipinski definition) is 2. The van der Waals surface area contributed by atoms with E-state index in [1.54, 1.807) is 0 Å². The lowest BCUT2D eigenvalue weighted by atomic mass is 10.0. The van der Waals surface area contributed by atoms with Crippen LogP contribution in [0.5, 0.6) is 0 Å². The number of aromatic amines is 1. The van der Waals surface area contributed by atoms with Crippen LogP contribution in [0.1, 0.15) is 38.4 Å². The van der Waals surface area contributed by atoms with E-state index in [0.29, 0.717) is 5.92 Å². The summed E-state index contributed by atoms with van der Waals surface area (Å²) in [7, 11) is 0. The Balaban J connectivity index is 2.34. The van der Waals surface area contributed by atoms with Gasteiger partial charge in [0, 0.05) is 12.4 Å². The van der Waals surface area contributed by atoms with Gasteiger partial charge in [-0.1, -0.05) is 13.8 Å². The van der Waals surface area contributed by atoms with E-state index in [1.807, 2.05) is 18.5 Å². The van der Waals surface area contributed by atoms with E-state index in [1.165, 1.54) is 0 Å². The topological polar surface area (TPSA) is 36.0 Å². The van der Waals surface area contributed by atoms with Crippen molar-refractivity contribution in [2.75, 3.05) is 0 Å². The van der Waals surface area contributed by atoms with Crippen molar-refractivity contribution in [1.82, 2.24) is 4.98 Å². The molecule has 0 spiro atoms. The van der Waals surface area contributed by atoms with Crippen LogP contribution in [0.4, 0.5) is 0 Å². The molecule has 1 atom stereocenters. The summed E-state index contributed by atoms with van der Waals surface area (Å²) in [6.07, 6.45) is 5.33. The molecule has 1 aromatic rings. The monoisotopic (exact) mass is 167 g/mol. The highest BCUT2D eigenvalue weighted by atomic mass is 16.3. The maximum absolute atomic E-state index is 9.64. The van der Waals surface area contributed by atoms with Crippen LogP contribution < -0.4 is 0 Å². The molecular formula is C10H17NO. The second-order valence-electron chi connectivity index (χ2n) is 3.63. The number of aromatic nitrogens is 1. The van der Waals surface area contributed by atoms with E-state index in [0.717, 1.165) is 18.4 Å². The lowest BCUT2D eigenvalue weighted by Gasteiger charge is -2.09. The minimum absolute atomic E-state index is 0.293. The Labute approximate surface area is 73.6 Å². The summed E-state index contributed by atoms with van der Waals surface area (Å²) >= 11 is 0. The molecular weight excluding hydrogens is 150 g/mol. The van der Waals surface area contributed by atoms with Crippen LogP contribution in [0.3, 0.4) is 0 Å². The Morgan fingerprint density at radius 2 is 2.17 bits per heavy atom. The van der Waals surface area contributed by atoms with Gasteiger partial charge in [0.15, 0.2) is 0 Å². The molecule has 0 aliphatic heterocycles. The molecule has 2 N–H and O–H groups in total. The Morgan fingerprint density at radius 3 is 2.67 bits per heavy atom. The highest BCUT2D eigenvalue weighted by Gasteiger charge is 2.07. The first kappa shape index (κ1) is 9.33. The molecule has 2 heteroatoms. The first-order valence-electron chi connectivity index (χ1n) is 4.51. The summed E-state index contributed by atoms with van der Waals surface area (Å²) in [6, 6.07) is 1.92. The molecule has 0 bridgehead atoms. The minimum Gasteiger partial charge on any atom is -0.388 e. The second kappa shape index (κ2) is 4.31. The zero-order valence-electron chi connectivity index (χ0n) is 7.75. The van der Waals surface area contributed by atoms with Crippen molar-refractivity contribution in [1.29, 1.82) is 0 Å². The van der Waals surface area contributed by atoms with Gasteiger partial charge in [-0.2, -0.15) is 0 Å². The van der Waals surface area contributed by atoms with E-state index in [9.17, 15) is 5.11 Å². The molecule has 0 saturated carbocycles. The van der Waals surface area contributed by atoms with Crippen LogP contribution in [0.2, 0.25) is 0 Å². The molecule has 1 heterocycles. The molecule has 0 aliphatic rings. The highest BCUT2D eigenvalue weighted by Crippen LogP contribution is 2.19. The van der Waals surface area contributed by atoms with E-state index < -0.39 is 0 Å². The first-order chi connectivity index (χ1) is 5.70. The van der Waals surface area contributed by atoms with Crippen LogP contribution in [-0.4, -0.2) is 10.1 Å². The van der Waals surface area contributed by atoms with Gasteiger partial charge in [0.1, 0.15) is 0 Å². The summed E-state index contributed by atoms with van der Waals surface area (Å²) < 4.78 is 0. The van der Waals surface area contributed by atoms with E-state index in [-0.39, 0.29) is 6.10 Å². The molecule has 2 nitrogen and oxygen atoms in total. The normalized spacial score (nSPS) is 13.7. The number of aliphatic hydroxyl groups is 1. The molecule has 0 aliphatic carbocycles. The Hall–Kier alpha value is -0.760. The zero-order chi connectivity index (χ0) is 8.97. The molecule has 0 radical (unpaired) electrons. The highest BCUT2D eigenvalue weighted by molar-refractivity contribution is 5.11. The van der Waals surface area contributed by atoms with Crippen LogP contribution in [0.15, 0.2) is 18.5 Å². The maximum Gasteiger partial charge on any atom is 0.0804 e. The third-order valence-corrected chi connectivity index (χ3v) is 2.02. The summed E-state index contributed by atoms with van der Waals surface area (Å²) in [5.74, 6) is 0.665. The molecule has 68 valence electrons. The van der Waals surface area contributed by atoms with Gasteiger partial charge in [0.25, 0.3) is 0 Å².